The van der Waals surface area contributed by atoms with Crippen molar-refractivity contribution in [1.29, 1.82) is 0 Å². The molecule has 2 amide bonds. The van der Waals surface area contributed by atoms with Gasteiger partial charge < -0.3 is 10.6 Å². The molecule has 0 aliphatic rings. The second kappa shape index (κ2) is 7.22. The Morgan fingerprint density at radius 1 is 1.08 bits per heavy atom. The molecule has 0 aliphatic carbocycles. The Morgan fingerprint density at radius 2 is 1.77 bits per heavy atom. The minimum absolute atomic E-state index is 0.256. The van der Waals surface area contributed by atoms with Crippen molar-refractivity contribution in [3.8, 4) is 0 Å². The van der Waals surface area contributed by atoms with Crippen LogP contribution in [-0.2, 0) is 13.6 Å². The van der Waals surface area contributed by atoms with Gasteiger partial charge in [0.2, 0.25) is 0 Å². The van der Waals surface area contributed by atoms with Crippen molar-refractivity contribution in [1.82, 2.24) is 19.6 Å². The Kier molecular flexibility index (Phi) is 4.83. The maximum absolute atomic E-state index is 12.4. The molecule has 0 fully saturated rings. The van der Waals surface area contributed by atoms with E-state index in [4.69, 9.17) is 0 Å². The average Bonchev–Trinajstić information content (AvgIpc) is 3.22. The number of aromatic nitrogens is 4. The number of aryl methyl sites for hydroxylation is 3. The monoisotopic (exact) mass is 352 g/mol. The molecule has 0 saturated heterocycles. The van der Waals surface area contributed by atoms with Crippen molar-refractivity contribution in [2.45, 2.75) is 20.4 Å². The van der Waals surface area contributed by atoms with E-state index in [9.17, 15) is 9.59 Å². The Hall–Kier alpha value is -3.42. The Balaban J connectivity index is 1.72. The van der Waals surface area contributed by atoms with Crippen LogP contribution in [0.3, 0.4) is 0 Å². The first-order valence-corrected chi connectivity index (χ1v) is 8.23. The van der Waals surface area contributed by atoms with Gasteiger partial charge in [0.15, 0.2) is 5.69 Å². The van der Waals surface area contributed by atoms with Crippen molar-refractivity contribution < 1.29 is 9.59 Å². The van der Waals surface area contributed by atoms with Crippen LogP contribution in [0.25, 0.3) is 0 Å². The fraction of sp³-hybridized carbons (Fsp3) is 0.222. The topological polar surface area (TPSA) is 93.8 Å². The number of rotatable bonds is 5. The summed E-state index contributed by atoms with van der Waals surface area (Å²) in [6, 6.07) is 10.3. The first-order chi connectivity index (χ1) is 12.5. The van der Waals surface area contributed by atoms with Gasteiger partial charge in [0.1, 0.15) is 5.69 Å². The molecule has 1 aromatic carbocycles. The zero-order chi connectivity index (χ0) is 18.7. The third-order valence-electron chi connectivity index (χ3n) is 3.97. The molecular weight excluding hydrogens is 332 g/mol. The van der Waals surface area contributed by atoms with E-state index in [1.807, 2.05) is 13.8 Å². The quantitative estimate of drug-likeness (QED) is 0.737. The van der Waals surface area contributed by atoms with Gasteiger partial charge in [-0.3, -0.25) is 19.0 Å². The summed E-state index contributed by atoms with van der Waals surface area (Å²) in [5.74, 6) is -0.561. The highest BCUT2D eigenvalue weighted by Gasteiger charge is 2.13. The fourth-order valence-electron chi connectivity index (χ4n) is 2.51. The first kappa shape index (κ1) is 17.4. The predicted molar refractivity (Wildman–Crippen MR) is 98.2 cm³/mol. The van der Waals surface area contributed by atoms with Gasteiger partial charge in [0.25, 0.3) is 11.8 Å². The Morgan fingerprint density at radius 3 is 2.38 bits per heavy atom. The molecule has 2 aromatic heterocycles. The minimum atomic E-state index is -0.304. The molecule has 2 N–H and O–H groups in total. The van der Waals surface area contributed by atoms with Gasteiger partial charge in [0.05, 0.1) is 0 Å². The van der Waals surface area contributed by atoms with Crippen LogP contribution in [0.2, 0.25) is 0 Å². The molecule has 0 aliphatic heterocycles. The molecule has 0 unspecified atom stereocenters. The summed E-state index contributed by atoms with van der Waals surface area (Å²) in [4.78, 5) is 24.7. The maximum Gasteiger partial charge on any atom is 0.276 e. The first-order valence-electron chi connectivity index (χ1n) is 8.23. The second-order valence-corrected chi connectivity index (χ2v) is 5.82. The van der Waals surface area contributed by atoms with Gasteiger partial charge in [-0.05, 0) is 44.2 Å². The van der Waals surface area contributed by atoms with Crippen LogP contribution in [0.4, 0.5) is 11.4 Å². The molecule has 0 radical (unpaired) electrons. The minimum Gasteiger partial charge on any atom is -0.321 e. The molecule has 26 heavy (non-hydrogen) atoms. The smallest absolute Gasteiger partial charge is 0.276 e. The molecule has 3 rings (SSSR count). The van der Waals surface area contributed by atoms with E-state index in [-0.39, 0.29) is 11.8 Å². The zero-order valence-corrected chi connectivity index (χ0v) is 14.9. The molecule has 0 atom stereocenters. The maximum atomic E-state index is 12.4. The number of benzene rings is 1. The van der Waals surface area contributed by atoms with Crippen LogP contribution >= 0.6 is 0 Å². The third-order valence-corrected chi connectivity index (χ3v) is 3.97. The largest absolute Gasteiger partial charge is 0.321 e. The van der Waals surface area contributed by atoms with Crippen LogP contribution in [0.5, 0.6) is 0 Å². The Bertz CT molecular complexity index is 937. The van der Waals surface area contributed by atoms with Gasteiger partial charge in [-0.25, -0.2) is 0 Å². The van der Waals surface area contributed by atoms with Crippen LogP contribution in [-0.4, -0.2) is 31.4 Å². The predicted octanol–water partition coefficient (Wildman–Crippen LogP) is 2.45. The fourth-order valence-corrected chi connectivity index (χ4v) is 2.51. The number of anilines is 2. The third kappa shape index (κ3) is 3.64. The lowest BCUT2D eigenvalue weighted by Gasteiger charge is -2.09. The number of carbonyl (C=O) groups is 2. The highest BCUT2D eigenvalue weighted by atomic mass is 16.2. The molecule has 8 nitrogen and oxygen atoms in total. The number of hydrogen-bond donors (Lipinski definition) is 2. The van der Waals surface area contributed by atoms with Crippen LogP contribution in [0, 0.1) is 6.92 Å². The summed E-state index contributed by atoms with van der Waals surface area (Å²) >= 11 is 0. The Labute approximate surface area is 150 Å². The number of amides is 2. The summed E-state index contributed by atoms with van der Waals surface area (Å²) in [6.07, 6.45) is 1.59. The van der Waals surface area contributed by atoms with Gasteiger partial charge in [-0.15, -0.1) is 0 Å². The molecule has 0 saturated carbocycles. The van der Waals surface area contributed by atoms with Crippen molar-refractivity contribution in [3.05, 3.63) is 59.7 Å². The summed E-state index contributed by atoms with van der Waals surface area (Å²) in [5.41, 5.74) is 2.86. The summed E-state index contributed by atoms with van der Waals surface area (Å²) < 4.78 is 3.26. The van der Waals surface area contributed by atoms with Crippen molar-refractivity contribution >= 4 is 23.2 Å². The van der Waals surface area contributed by atoms with Gasteiger partial charge >= 0.3 is 0 Å². The molecule has 0 spiro atoms. The normalized spacial score (nSPS) is 10.6. The van der Waals surface area contributed by atoms with Crippen molar-refractivity contribution in [2.75, 3.05) is 10.6 Å². The molecule has 0 bridgehead atoms. The van der Waals surface area contributed by atoms with E-state index in [2.05, 4.69) is 20.8 Å². The number of nitrogens with one attached hydrogen (secondary N) is 2. The van der Waals surface area contributed by atoms with E-state index in [1.165, 1.54) is 0 Å². The van der Waals surface area contributed by atoms with E-state index in [0.717, 1.165) is 5.69 Å². The number of carbonyl (C=O) groups excluding carboxylic acids is 2. The SMILES string of the molecule is CCn1nccc1C(=O)Nc1cccc(NC(=O)c2cc(C)n(C)n2)c1. The number of nitrogens with zero attached hydrogens (tertiary/aromatic N) is 4. The number of hydrogen-bond acceptors (Lipinski definition) is 4. The van der Waals surface area contributed by atoms with E-state index in [1.54, 1.807) is 59.0 Å². The molecule has 134 valence electrons. The lowest BCUT2D eigenvalue weighted by atomic mass is 10.2. The molecular formula is C18H20N6O2. The van der Waals surface area contributed by atoms with Crippen molar-refractivity contribution in [2.24, 2.45) is 7.05 Å². The van der Waals surface area contributed by atoms with E-state index >= 15 is 0 Å². The van der Waals surface area contributed by atoms with E-state index < -0.39 is 0 Å². The highest BCUT2D eigenvalue weighted by Crippen LogP contribution is 2.17. The lowest BCUT2D eigenvalue weighted by Crippen LogP contribution is -2.17. The molecule has 8 heteroatoms. The summed E-state index contributed by atoms with van der Waals surface area (Å²) in [5, 5.41) is 13.8. The highest BCUT2D eigenvalue weighted by molar-refractivity contribution is 6.05. The zero-order valence-electron chi connectivity index (χ0n) is 14.9. The van der Waals surface area contributed by atoms with Gasteiger partial charge in [-0.2, -0.15) is 10.2 Å². The van der Waals surface area contributed by atoms with Crippen LogP contribution in [0.15, 0.2) is 42.6 Å². The second-order valence-electron chi connectivity index (χ2n) is 5.82. The summed E-state index contributed by atoms with van der Waals surface area (Å²) in [6.45, 7) is 4.40. The van der Waals surface area contributed by atoms with Crippen molar-refractivity contribution in [3.63, 3.8) is 0 Å². The van der Waals surface area contributed by atoms with Crippen LogP contribution in [0.1, 0.15) is 33.6 Å². The summed E-state index contributed by atoms with van der Waals surface area (Å²) in [7, 11) is 1.78. The van der Waals surface area contributed by atoms with Crippen LogP contribution < -0.4 is 10.6 Å². The lowest BCUT2D eigenvalue weighted by molar-refractivity contribution is 0.101. The van der Waals surface area contributed by atoms with Gasteiger partial charge in [-0.1, -0.05) is 6.07 Å². The molecule has 2 heterocycles. The van der Waals surface area contributed by atoms with Gasteiger partial charge in [0, 0.05) is 36.9 Å². The standard InChI is InChI=1S/C18H20N6O2/c1-4-24-16(8-9-19-24)18(26)21-14-7-5-6-13(11-14)20-17(25)15-10-12(2)23(3)22-15/h5-11H,4H2,1-3H3,(H,20,25)(H,21,26). The van der Waals surface area contributed by atoms with E-state index in [0.29, 0.717) is 29.3 Å². The molecule has 3 aromatic rings. The average molecular weight is 352 g/mol.